The third-order valence-electron chi connectivity index (χ3n) is 2.65. The molecule has 0 bridgehead atoms. The molecule has 0 spiro atoms. The second kappa shape index (κ2) is 5.36. The van der Waals surface area contributed by atoms with Gasteiger partial charge in [0.1, 0.15) is 5.82 Å². The Morgan fingerprint density at radius 2 is 2.56 bits per heavy atom. The van der Waals surface area contributed by atoms with Crippen LogP contribution in [0.1, 0.15) is 25.1 Å². The van der Waals surface area contributed by atoms with Gasteiger partial charge in [-0.05, 0) is 38.8 Å². The fourth-order valence-corrected chi connectivity index (χ4v) is 2.47. The highest BCUT2D eigenvalue weighted by Gasteiger charge is 2.17. The van der Waals surface area contributed by atoms with Gasteiger partial charge in [0.15, 0.2) is 0 Å². The lowest BCUT2D eigenvalue weighted by Crippen LogP contribution is -2.32. The Morgan fingerprint density at radius 1 is 1.69 bits per heavy atom. The number of aryl methyl sites for hydroxylation is 1. The van der Waals surface area contributed by atoms with Crippen LogP contribution in [-0.4, -0.2) is 28.4 Å². The van der Waals surface area contributed by atoms with Crippen molar-refractivity contribution in [2.75, 3.05) is 18.4 Å². The van der Waals surface area contributed by atoms with Crippen LogP contribution in [0.4, 0.5) is 5.13 Å². The number of carbonyl (C=O) groups excluding carboxylic acids is 1. The molecule has 6 heteroatoms. The summed E-state index contributed by atoms with van der Waals surface area (Å²) in [5.74, 6) is 1.22. The molecule has 0 aromatic carbocycles. The molecule has 1 unspecified atom stereocenters. The van der Waals surface area contributed by atoms with E-state index in [9.17, 15) is 4.79 Å². The van der Waals surface area contributed by atoms with Gasteiger partial charge in [0.25, 0.3) is 0 Å². The highest BCUT2D eigenvalue weighted by molar-refractivity contribution is 7.09. The van der Waals surface area contributed by atoms with Crippen LogP contribution < -0.4 is 10.6 Å². The maximum Gasteiger partial charge on any atom is 0.226 e. The largest absolute Gasteiger partial charge is 0.316 e. The fraction of sp³-hybridized carbons (Fsp3) is 0.700. The molecule has 1 atom stereocenters. The number of rotatable bonds is 3. The first kappa shape index (κ1) is 11.5. The summed E-state index contributed by atoms with van der Waals surface area (Å²) in [6.07, 6.45) is 2.87. The minimum Gasteiger partial charge on any atom is -0.316 e. The molecule has 5 nitrogen and oxygen atoms in total. The second-order valence-corrected chi connectivity index (χ2v) is 4.86. The molecule has 1 aromatic rings. The zero-order valence-corrected chi connectivity index (χ0v) is 10.1. The van der Waals surface area contributed by atoms with Gasteiger partial charge in [-0.3, -0.25) is 4.79 Å². The van der Waals surface area contributed by atoms with Gasteiger partial charge in [-0.1, -0.05) is 0 Å². The quantitative estimate of drug-likeness (QED) is 0.832. The lowest BCUT2D eigenvalue weighted by Gasteiger charge is -2.21. The van der Waals surface area contributed by atoms with Crippen molar-refractivity contribution in [3.8, 4) is 0 Å². The predicted octanol–water partition coefficient (Wildman–Crippen LogP) is 1.17. The zero-order chi connectivity index (χ0) is 11.4. The van der Waals surface area contributed by atoms with Gasteiger partial charge < -0.3 is 10.6 Å². The molecule has 0 radical (unpaired) electrons. The lowest BCUT2D eigenvalue weighted by atomic mass is 9.96. The van der Waals surface area contributed by atoms with E-state index in [0.29, 0.717) is 23.3 Å². The van der Waals surface area contributed by atoms with E-state index in [-0.39, 0.29) is 5.91 Å². The van der Waals surface area contributed by atoms with E-state index in [1.165, 1.54) is 11.5 Å². The summed E-state index contributed by atoms with van der Waals surface area (Å²) in [6.45, 7) is 3.84. The number of carbonyl (C=O) groups is 1. The molecule has 0 saturated carbocycles. The molecule has 88 valence electrons. The Morgan fingerprint density at radius 3 is 3.19 bits per heavy atom. The van der Waals surface area contributed by atoms with Crippen LogP contribution in [0, 0.1) is 12.8 Å². The third kappa shape index (κ3) is 3.24. The second-order valence-electron chi connectivity index (χ2n) is 4.11. The number of aromatic nitrogens is 2. The van der Waals surface area contributed by atoms with Gasteiger partial charge in [0, 0.05) is 18.0 Å². The Labute approximate surface area is 98.8 Å². The number of anilines is 1. The number of hydrogen-bond acceptors (Lipinski definition) is 5. The summed E-state index contributed by atoms with van der Waals surface area (Å²) >= 11 is 1.23. The first-order chi connectivity index (χ1) is 7.74. The van der Waals surface area contributed by atoms with Crippen molar-refractivity contribution in [3.63, 3.8) is 0 Å². The van der Waals surface area contributed by atoms with Gasteiger partial charge in [0.05, 0.1) is 0 Å². The van der Waals surface area contributed by atoms with Gasteiger partial charge in [-0.2, -0.15) is 4.37 Å². The number of hydrogen-bond donors (Lipinski definition) is 2. The lowest BCUT2D eigenvalue weighted by molar-refractivity contribution is -0.117. The van der Waals surface area contributed by atoms with Crippen molar-refractivity contribution >= 4 is 22.6 Å². The van der Waals surface area contributed by atoms with Crippen molar-refractivity contribution in [2.45, 2.75) is 26.2 Å². The van der Waals surface area contributed by atoms with Crippen LogP contribution in [0.25, 0.3) is 0 Å². The molecule has 1 fully saturated rings. The molecule has 1 aliphatic heterocycles. The van der Waals surface area contributed by atoms with Gasteiger partial charge in [-0.15, -0.1) is 0 Å². The third-order valence-corrected chi connectivity index (χ3v) is 3.37. The van der Waals surface area contributed by atoms with Crippen LogP contribution >= 0.6 is 11.5 Å². The number of nitrogens with one attached hydrogen (secondary N) is 2. The fourth-order valence-electron chi connectivity index (χ4n) is 1.88. The van der Waals surface area contributed by atoms with Crippen LogP contribution in [0.2, 0.25) is 0 Å². The zero-order valence-electron chi connectivity index (χ0n) is 9.32. The highest BCUT2D eigenvalue weighted by atomic mass is 32.1. The van der Waals surface area contributed by atoms with Crippen molar-refractivity contribution in [1.29, 1.82) is 0 Å². The van der Waals surface area contributed by atoms with Gasteiger partial charge in [0.2, 0.25) is 11.0 Å². The Kier molecular flexibility index (Phi) is 3.84. The Bertz CT molecular complexity index is 359. The van der Waals surface area contributed by atoms with E-state index in [1.807, 2.05) is 6.92 Å². The average molecular weight is 240 g/mol. The predicted molar refractivity (Wildman–Crippen MR) is 63.5 cm³/mol. The summed E-state index contributed by atoms with van der Waals surface area (Å²) in [5.41, 5.74) is 0. The van der Waals surface area contributed by atoms with E-state index in [1.54, 1.807) is 0 Å². The molecule has 2 rings (SSSR count). The van der Waals surface area contributed by atoms with Crippen molar-refractivity contribution in [2.24, 2.45) is 5.92 Å². The highest BCUT2D eigenvalue weighted by Crippen LogP contribution is 2.16. The first-order valence-electron chi connectivity index (χ1n) is 5.55. The number of nitrogens with zero attached hydrogens (tertiary/aromatic N) is 2. The topological polar surface area (TPSA) is 66.9 Å². The summed E-state index contributed by atoms with van der Waals surface area (Å²) in [6, 6.07) is 0. The molecular weight excluding hydrogens is 224 g/mol. The first-order valence-corrected chi connectivity index (χ1v) is 6.32. The normalized spacial score (nSPS) is 20.7. The summed E-state index contributed by atoms with van der Waals surface area (Å²) in [7, 11) is 0. The summed E-state index contributed by atoms with van der Waals surface area (Å²) in [5, 5.41) is 6.69. The molecular formula is C10H16N4OS. The van der Waals surface area contributed by atoms with Crippen LogP contribution in [0.3, 0.4) is 0 Å². The molecule has 1 aliphatic rings. The van der Waals surface area contributed by atoms with Crippen molar-refractivity contribution < 1.29 is 4.79 Å². The smallest absolute Gasteiger partial charge is 0.226 e. The maximum atomic E-state index is 11.7. The van der Waals surface area contributed by atoms with E-state index in [0.717, 1.165) is 25.9 Å². The van der Waals surface area contributed by atoms with E-state index >= 15 is 0 Å². The van der Waals surface area contributed by atoms with Crippen molar-refractivity contribution in [1.82, 2.24) is 14.7 Å². The molecule has 1 amide bonds. The van der Waals surface area contributed by atoms with Crippen LogP contribution in [0.5, 0.6) is 0 Å². The SMILES string of the molecule is Cc1nsc(NC(=O)CC2CCCNC2)n1. The van der Waals surface area contributed by atoms with Crippen molar-refractivity contribution in [3.05, 3.63) is 5.82 Å². The molecule has 2 heterocycles. The molecule has 0 aliphatic carbocycles. The molecule has 1 aromatic heterocycles. The summed E-state index contributed by atoms with van der Waals surface area (Å²) < 4.78 is 4.02. The van der Waals surface area contributed by atoms with Crippen LogP contribution in [-0.2, 0) is 4.79 Å². The van der Waals surface area contributed by atoms with Crippen LogP contribution in [0.15, 0.2) is 0 Å². The van der Waals surface area contributed by atoms with E-state index in [2.05, 4.69) is 20.0 Å². The maximum absolute atomic E-state index is 11.7. The van der Waals surface area contributed by atoms with Gasteiger partial charge in [-0.25, -0.2) is 4.98 Å². The Balaban J connectivity index is 1.79. The summed E-state index contributed by atoms with van der Waals surface area (Å²) in [4.78, 5) is 15.8. The van der Waals surface area contributed by atoms with Gasteiger partial charge >= 0.3 is 0 Å². The minimum absolute atomic E-state index is 0.0462. The monoisotopic (exact) mass is 240 g/mol. The molecule has 16 heavy (non-hydrogen) atoms. The minimum atomic E-state index is 0.0462. The Hall–Kier alpha value is -1.01. The van der Waals surface area contributed by atoms with E-state index < -0.39 is 0 Å². The average Bonchev–Trinajstić information content (AvgIpc) is 2.65. The molecule has 2 N–H and O–H groups in total. The standard InChI is InChI=1S/C10H16N4OS/c1-7-12-10(16-14-7)13-9(15)5-8-3-2-4-11-6-8/h8,11H,2-6H2,1H3,(H,12,13,14,15). The molecule has 1 saturated heterocycles. The van der Waals surface area contributed by atoms with E-state index in [4.69, 9.17) is 0 Å². The number of piperidine rings is 1. The number of amides is 1.